The van der Waals surface area contributed by atoms with E-state index in [1.165, 1.54) is 51.1 Å². The largest absolute Gasteiger partial charge is 0.485 e. The van der Waals surface area contributed by atoms with Crippen LogP contribution in [0.5, 0.6) is 5.75 Å². The lowest BCUT2D eigenvalue weighted by molar-refractivity contribution is 0.0782. The number of aliphatic hydroxyl groups is 1. The first-order chi connectivity index (χ1) is 15.5. The molecule has 2 N–H and O–H groups in total. The lowest BCUT2D eigenvalue weighted by atomic mass is 9.98. The number of aromatic nitrogens is 2. The van der Waals surface area contributed by atoms with E-state index in [2.05, 4.69) is 10.4 Å². The molecular formula is C23H22F3N3O4. The Balaban J connectivity index is 1.97. The summed E-state index contributed by atoms with van der Waals surface area (Å²) in [6, 6.07) is 11.0. The number of ether oxygens (including phenoxy) is 1. The molecule has 0 aliphatic rings. The molecule has 0 bridgehead atoms. The minimum Gasteiger partial charge on any atom is -0.485 e. The van der Waals surface area contributed by atoms with Gasteiger partial charge in [0, 0.05) is 0 Å². The van der Waals surface area contributed by atoms with Gasteiger partial charge in [0.15, 0.2) is 0 Å². The third-order valence-corrected chi connectivity index (χ3v) is 4.66. The van der Waals surface area contributed by atoms with Crippen LogP contribution >= 0.6 is 0 Å². The number of anilines is 1. The van der Waals surface area contributed by atoms with Gasteiger partial charge >= 0.3 is 0 Å². The van der Waals surface area contributed by atoms with Crippen molar-refractivity contribution in [2.45, 2.75) is 32.8 Å². The second-order valence-corrected chi connectivity index (χ2v) is 7.79. The number of hydrogen-bond acceptors (Lipinski definition) is 5. The molecule has 1 aromatic heterocycles. The lowest BCUT2D eigenvalue weighted by Crippen LogP contribution is -2.31. The van der Waals surface area contributed by atoms with Crippen LogP contribution < -0.4 is 15.6 Å². The van der Waals surface area contributed by atoms with Gasteiger partial charge in [0.2, 0.25) is 0 Å². The highest BCUT2D eigenvalue weighted by Gasteiger charge is 2.21. The van der Waals surface area contributed by atoms with Crippen LogP contribution in [0.25, 0.3) is 5.69 Å². The number of carbonyl (C=O) groups is 1. The third-order valence-electron chi connectivity index (χ3n) is 4.66. The summed E-state index contributed by atoms with van der Waals surface area (Å²) < 4.78 is 45.6. The SMILES string of the molecule is Cc1cc(C(=O)Nc2ccc(C(C)(C)O)cc2F)c(=O)n(-c2ccccc2OCC(F)F)n1. The molecule has 2 aromatic carbocycles. The molecule has 0 atom stereocenters. The smallest absolute Gasteiger partial charge is 0.284 e. The minimum absolute atomic E-state index is 0.0161. The summed E-state index contributed by atoms with van der Waals surface area (Å²) in [7, 11) is 0. The van der Waals surface area contributed by atoms with E-state index in [-0.39, 0.29) is 28.4 Å². The predicted molar refractivity (Wildman–Crippen MR) is 116 cm³/mol. The standard InChI is InChI=1S/C23H22F3N3O4/c1-13-10-15(21(30)27-17-9-8-14(11-16(17)24)23(2,3)32)22(31)29(28-13)18-6-4-5-7-19(18)33-12-20(25)26/h4-11,20,32H,12H2,1-3H3,(H,27,30). The van der Waals surface area contributed by atoms with Crippen molar-refractivity contribution < 1.29 is 27.8 Å². The second kappa shape index (κ2) is 9.45. The number of aryl methyl sites for hydroxylation is 1. The summed E-state index contributed by atoms with van der Waals surface area (Å²) in [5.74, 6) is -1.70. The molecule has 0 aliphatic heterocycles. The van der Waals surface area contributed by atoms with E-state index in [0.717, 1.165) is 10.7 Å². The fraction of sp³-hybridized carbons (Fsp3) is 0.261. The van der Waals surface area contributed by atoms with Gasteiger partial charge in [-0.15, -0.1) is 0 Å². The van der Waals surface area contributed by atoms with E-state index >= 15 is 0 Å². The monoisotopic (exact) mass is 461 g/mol. The molecule has 174 valence electrons. The highest BCUT2D eigenvalue weighted by molar-refractivity contribution is 6.04. The maximum atomic E-state index is 14.5. The molecule has 7 nitrogen and oxygen atoms in total. The van der Waals surface area contributed by atoms with Gasteiger partial charge < -0.3 is 15.2 Å². The average molecular weight is 461 g/mol. The van der Waals surface area contributed by atoms with Crippen molar-refractivity contribution in [2.75, 3.05) is 11.9 Å². The zero-order valence-corrected chi connectivity index (χ0v) is 18.1. The number of rotatable bonds is 7. The van der Waals surface area contributed by atoms with Crippen LogP contribution in [0.4, 0.5) is 18.9 Å². The number of nitrogens with zero attached hydrogens (tertiary/aromatic N) is 2. The van der Waals surface area contributed by atoms with E-state index in [1.54, 1.807) is 12.1 Å². The Morgan fingerprint density at radius 3 is 2.55 bits per heavy atom. The summed E-state index contributed by atoms with van der Waals surface area (Å²) in [6.45, 7) is 3.63. The van der Waals surface area contributed by atoms with Crippen LogP contribution in [-0.4, -0.2) is 33.8 Å². The maximum absolute atomic E-state index is 14.5. The molecule has 1 amide bonds. The second-order valence-electron chi connectivity index (χ2n) is 7.79. The van der Waals surface area contributed by atoms with E-state index in [9.17, 15) is 27.9 Å². The van der Waals surface area contributed by atoms with Gasteiger partial charge in [0.1, 0.15) is 29.4 Å². The van der Waals surface area contributed by atoms with Gasteiger partial charge in [-0.05, 0) is 56.7 Å². The van der Waals surface area contributed by atoms with Crippen LogP contribution in [0.15, 0.2) is 53.3 Å². The third kappa shape index (κ3) is 5.58. The molecule has 0 unspecified atom stereocenters. The summed E-state index contributed by atoms with van der Waals surface area (Å²) in [4.78, 5) is 25.8. The average Bonchev–Trinajstić information content (AvgIpc) is 2.74. The molecule has 0 fully saturated rings. The molecule has 33 heavy (non-hydrogen) atoms. The maximum Gasteiger partial charge on any atom is 0.284 e. The molecular weight excluding hydrogens is 439 g/mol. The van der Waals surface area contributed by atoms with Crippen molar-refractivity contribution in [1.29, 1.82) is 0 Å². The number of nitrogens with one attached hydrogen (secondary N) is 1. The number of halogens is 3. The molecule has 0 saturated heterocycles. The van der Waals surface area contributed by atoms with Crippen molar-refractivity contribution in [3.8, 4) is 11.4 Å². The summed E-state index contributed by atoms with van der Waals surface area (Å²) in [6.07, 6.45) is -2.72. The van der Waals surface area contributed by atoms with E-state index in [4.69, 9.17) is 4.74 Å². The van der Waals surface area contributed by atoms with E-state index in [0.29, 0.717) is 5.56 Å². The number of alkyl halides is 2. The topological polar surface area (TPSA) is 93.5 Å². The van der Waals surface area contributed by atoms with E-state index in [1.807, 2.05) is 0 Å². The Morgan fingerprint density at radius 1 is 1.21 bits per heavy atom. The van der Waals surface area contributed by atoms with Crippen molar-refractivity contribution in [1.82, 2.24) is 9.78 Å². The Labute approximate surface area is 187 Å². The lowest BCUT2D eigenvalue weighted by Gasteiger charge is -2.18. The minimum atomic E-state index is -2.72. The molecule has 1 heterocycles. The first kappa shape index (κ1) is 24.0. The molecule has 10 heteroatoms. The molecule has 3 aromatic rings. The van der Waals surface area contributed by atoms with Gasteiger partial charge in [0.05, 0.1) is 17.0 Å². The Kier molecular flexibility index (Phi) is 6.87. The fourth-order valence-corrected chi connectivity index (χ4v) is 3.04. The van der Waals surface area contributed by atoms with Gasteiger partial charge in [-0.2, -0.15) is 9.78 Å². The summed E-state index contributed by atoms with van der Waals surface area (Å²) in [5, 5.41) is 16.4. The van der Waals surface area contributed by atoms with Crippen molar-refractivity contribution in [3.63, 3.8) is 0 Å². The van der Waals surface area contributed by atoms with Gasteiger partial charge in [-0.1, -0.05) is 18.2 Å². The Hall–Kier alpha value is -3.66. The Morgan fingerprint density at radius 2 is 1.91 bits per heavy atom. The van der Waals surface area contributed by atoms with Gasteiger partial charge in [0.25, 0.3) is 17.9 Å². The molecule has 0 spiro atoms. The van der Waals surface area contributed by atoms with Crippen molar-refractivity contribution >= 4 is 11.6 Å². The highest BCUT2D eigenvalue weighted by atomic mass is 19.3. The van der Waals surface area contributed by atoms with Gasteiger partial charge in [-0.25, -0.2) is 13.2 Å². The quantitative estimate of drug-likeness (QED) is 0.558. The summed E-state index contributed by atoms with van der Waals surface area (Å²) >= 11 is 0. The first-order valence-corrected chi connectivity index (χ1v) is 9.92. The Bertz CT molecular complexity index is 1240. The van der Waals surface area contributed by atoms with E-state index < -0.39 is 35.9 Å². The summed E-state index contributed by atoms with van der Waals surface area (Å²) in [5.41, 5.74) is -1.99. The van der Waals surface area contributed by atoms with Crippen LogP contribution in [0.2, 0.25) is 0 Å². The van der Waals surface area contributed by atoms with Crippen LogP contribution in [0, 0.1) is 12.7 Å². The first-order valence-electron chi connectivity index (χ1n) is 9.92. The number of benzene rings is 2. The van der Waals surface area contributed by atoms with Crippen molar-refractivity contribution in [2.24, 2.45) is 0 Å². The van der Waals surface area contributed by atoms with Crippen LogP contribution in [-0.2, 0) is 5.60 Å². The zero-order chi connectivity index (χ0) is 24.3. The molecule has 0 aliphatic carbocycles. The number of amides is 1. The molecule has 0 radical (unpaired) electrons. The van der Waals surface area contributed by atoms with Crippen molar-refractivity contribution in [3.05, 3.63) is 81.5 Å². The zero-order valence-electron chi connectivity index (χ0n) is 18.1. The highest BCUT2D eigenvalue weighted by Crippen LogP contribution is 2.25. The fourth-order valence-electron chi connectivity index (χ4n) is 3.04. The number of para-hydroxylation sites is 2. The van der Waals surface area contributed by atoms with Crippen LogP contribution in [0.3, 0.4) is 0 Å². The normalized spacial score (nSPS) is 11.5. The number of hydrogen-bond donors (Lipinski definition) is 2. The molecule has 3 rings (SSSR count). The predicted octanol–water partition coefficient (Wildman–Crippen LogP) is 3.80. The molecule has 0 saturated carbocycles. The van der Waals surface area contributed by atoms with Gasteiger partial charge in [-0.3, -0.25) is 9.59 Å². The number of carbonyl (C=O) groups excluding carboxylic acids is 1. The van der Waals surface area contributed by atoms with Crippen LogP contribution in [0.1, 0.15) is 35.5 Å².